The number of aromatic nitrogens is 2. The number of imidazole rings is 1. The zero-order valence-electron chi connectivity index (χ0n) is 10.2. The molecule has 19 heavy (non-hydrogen) atoms. The van der Waals surface area contributed by atoms with E-state index in [4.69, 9.17) is 28.9 Å². The highest BCUT2D eigenvalue weighted by atomic mass is 35.5. The molecule has 0 spiro atoms. The number of fused-ring (bicyclic) bond motifs is 1. The van der Waals surface area contributed by atoms with Crippen molar-refractivity contribution in [2.24, 2.45) is 0 Å². The number of anilines is 1. The molecule has 1 aromatic heterocycles. The Kier molecular flexibility index (Phi) is 2.88. The Balaban J connectivity index is 2.44. The summed E-state index contributed by atoms with van der Waals surface area (Å²) in [7, 11) is 0. The zero-order chi connectivity index (χ0) is 13.6. The number of nitrogen functional groups attached to an aromatic ring is 1. The first-order valence-electron chi connectivity index (χ1n) is 5.77. The Morgan fingerprint density at radius 3 is 2.47 bits per heavy atom. The van der Waals surface area contributed by atoms with Gasteiger partial charge in [0.1, 0.15) is 5.52 Å². The quantitative estimate of drug-likeness (QED) is 0.729. The van der Waals surface area contributed by atoms with Crippen LogP contribution in [0.4, 0.5) is 5.95 Å². The van der Waals surface area contributed by atoms with Gasteiger partial charge < -0.3 is 5.73 Å². The lowest BCUT2D eigenvalue weighted by molar-refractivity contribution is 1.09. The Bertz CT molecular complexity index is 757. The van der Waals surface area contributed by atoms with Crippen molar-refractivity contribution in [2.75, 3.05) is 5.73 Å². The molecule has 0 aliphatic carbocycles. The summed E-state index contributed by atoms with van der Waals surface area (Å²) in [4.78, 5) is 4.32. The molecular formula is C14H11Cl2N3. The lowest BCUT2D eigenvalue weighted by Gasteiger charge is -2.11. The van der Waals surface area contributed by atoms with Gasteiger partial charge in [-0.05, 0) is 30.7 Å². The third-order valence-corrected chi connectivity index (χ3v) is 3.68. The third kappa shape index (κ3) is 1.86. The van der Waals surface area contributed by atoms with Gasteiger partial charge in [-0.15, -0.1) is 0 Å². The average Bonchev–Trinajstić information content (AvgIpc) is 2.68. The van der Waals surface area contributed by atoms with E-state index in [0.717, 1.165) is 16.8 Å². The number of benzene rings is 2. The predicted octanol–water partition coefficient (Wildman–Crippen LogP) is 4.22. The van der Waals surface area contributed by atoms with E-state index in [1.807, 2.05) is 41.8 Å². The number of hydrogen-bond donors (Lipinski definition) is 1. The maximum absolute atomic E-state index is 6.30. The molecule has 0 unspecified atom stereocenters. The van der Waals surface area contributed by atoms with E-state index in [1.165, 1.54) is 0 Å². The summed E-state index contributed by atoms with van der Waals surface area (Å²) in [5.74, 6) is 0.374. The van der Waals surface area contributed by atoms with Gasteiger partial charge in [0.15, 0.2) is 0 Å². The van der Waals surface area contributed by atoms with Crippen LogP contribution in [0.15, 0.2) is 36.4 Å². The maximum Gasteiger partial charge on any atom is 0.206 e. The van der Waals surface area contributed by atoms with Crippen LogP contribution >= 0.6 is 23.2 Å². The molecule has 0 amide bonds. The Hall–Kier alpha value is -1.71. The number of hydrogen-bond acceptors (Lipinski definition) is 2. The molecule has 3 rings (SSSR count). The van der Waals surface area contributed by atoms with Gasteiger partial charge in [-0.3, -0.25) is 4.57 Å². The van der Waals surface area contributed by atoms with Crippen molar-refractivity contribution in [3.8, 4) is 5.69 Å². The van der Waals surface area contributed by atoms with E-state index >= 15 is 0 Å². The summed E-state index contributed by atoms with van der Waals surface area (Å²) in [6.45, 7) is 1.98. The highest BCUT2D eigenvalue weighted by Gasteiger charge is 2.15. The maximum atomic E-state index is 6.30. The second-order valence-corrected chi connectivity index (χ2v) is 5.13. The van der Waals surface area contributed by atoms with Gasteiger partial charge in [-0.25, -0.2) is 4.98 Å². The number of halogens is 2. The van der Waals surface area contributed by atoms with Crippen molar-refractivity contribution < 1.29 is 0 Å². The number of nitrogens with zero attached hydrogens (tertiary/aromatic N) is 2. The lowest BCUT2D eigenvalue weighted by Crippen LogP contribution is -2.03. The second-order valence-electron chi connectivity index (χ2n) is 4.32. The van der Waals surface area contributed by atoms with E-state index in [9.17, 15) is 0 Å². The van der Waals surface area contributed by atoms with Crippen molar-refractivity contribution >= 4 is 40.2 Å². The van der Waals surface area contributed by atoms with Gasteiger partial charge in [-0.1, -0.05) is 41.4 Å². The van der Waals surface area contributed by atoms with Crippen LogP contribution in [0.25, 0.3) is 16.7 Å². The average molecular weight is 292 g/mol. The summed E-state index contributed by atoms with van der Waals surface area (Å²) in [5.41, 5.74) is 9.42. The molecule has 96 valence electrons. The Labute approximate surface area is 120 Å². The molecule has 2 N–H and O–H groups in total. The predicted molar refractivity (Wildman–Crippen MR) is 80.2 cm³/mol. The van der Waals surface area contributed by atoms with Gasteiger partial charge in [0.25, 0.3) is 0 Å². The molecule has 0 saturated carbocycles. The Morgan fingerprint density at radius 2 is 1.74 bits per heavy atom. The van der Waals surface area contributed by atoms with Crippen molar-refractivity contribution in [3.05, 3.63) is 52.0 Å². The molecule has 0 aliphatic rings. The van der Waals surface area contributed by atoms with Crippen molar-refractivity contribution in [1.29, 1.82) is 0 Å². The van der Waals surface area contributed by atoms with Gasteiger partial charge in [0.05, 0.1) is 21.2 Å². The summed E-state index contributed by atoms with van der Waals surface area (Å²) >= 11 is 12.4. The molecule has 0 radical (unpaired) electrons. The lowest BCUT2D eigenvalue weighted by atomic mass is 10.2. The second kappa shape index (κ2) is 4.44. The van der Waals surface area contributed by atoms with Gasteiger partial charge in [-0.2, -0.15) is 0 Å². The Morgan fingerprint density at radius 1 is 1.05 bits per heavy atom. The van der Waals surface area contributed by atoms with E-state index in [0.29, 0.717) is 21.5 Å². The number of rotatable bonds is 1. The SMILES string of the molecule is Cc1cccc(Cl)c1-n1c(N)nc2c(Cl)cccc21. The van der Waals surface area contributed by atoms with Crippen LogP contribution in [0.5, 0.6) is 0 Å². The fourth-order valence-corrected chi connectivity index (χ4v) is 2.74. The fourth-order valence-electron chi connectivity index (χ4n) is 2.22. The van der Waals surface area contributed by atoms with Crippen LogP contribution in [-0.2, 0) is 0 Å². The number of para-hydroxylation sites is 2. The van der Waals surface area contributed by atoms with Crippen molar-refractivity contribution in [3.63, 3.8) is 0 Å². The van der Waals surface area contributed by atoms with Crippen LogP contribution in [0.3, 0.4) is 0 Å². The smallest absolute Gasteiger partial charge is 0.206 e. The first kappa shape index (κ1) is 12.3. The monoisotopic (exact) mass is 291 g/mol. The minimum atomic E-state index is 0.374. The van der Waals surface area contributed by atoms with Crippen LogP contribution in [0.1, 0.15) is 5.56 Å². The van der Waals surface area contributed by atoms with E-state index in [2.05, 4.69) is 4.98 Å². The highest BCUT2D eigenvalue weighted by molar-refractivity contribution is 6.35. The molecular weight excluding hydrogens is 281 g/mol. The summed E-state index contributed by atoms with van der Waals surface area (Å²) < 4.78 is 1.83. The van der Waals surface area contributed by atoms with E-state index in [1.54, 1.807) is 6.07 Å². The normalized spacial score (nSPS) is 11.1. The summed E-state index contributed by atoms with van der Waals surface area (Å²) in [6, 6.07) is 11.3. The standard InChI is InChI=1S/C14H11Cl2N3/c1-8-4-2-6-10(16)13(8)19-11-7-3-5-9(15)12(11)18-14(19)17/h2-7H,1H3,(H2,17,18). The molecule has 2 aromatic carbocycles. The molecule has 0 fully saturated rings. The topological polar surface area (TPSA) is 43.8 Å². The third-order valence-electron chi connectivity index (χ3n) is 3.07. The molecule has 5 heteroatoms. The summed E-state index contributed by atoms with van der Waals surface area (Å²) in [5, 5.41) is 1.21. The fraction of sp³-hybridized carbons (Fsp3) is 0.0714. The van der Waals surface area contributed by atoms with E-state index < -0.39 is 0 Å². The van der Waals surface area contributed by atoms with Crippen molar-refractivity contribution in [1.82, 2.24) is 9.55 Å². The van der Waals surface area contributed by atoms with Crippen LogP contribution in [0.2, 0.25) is 10.0 Å². The van der Waals surface area contributed by atoms with Gasteiger partial charge in [0, 0.05) is 0 Å². The van der Waals surface area contributed by atoms with Crippen LogP contribution in [-0.4, -0.2) is 9.55 Å². The van der Waals surface area contributed by atoms with Crippen LogP contribution < -0.4 is 5.73 Å². The number of nitrogens with two attached hydrogens (primary N) is 1. The minimum absolute atomic E-state index is 0.374. The molecule has 0 bridgehead atoms. The van der Waals surface area contributed by atoms with Gasteiger partial charge in [0.2, 0.25) is 5.95 Å². The number of aryl methyl sites for hydroxylation is 1. The molecule has 0 aliphatic heterocycles. The van der Waals surface area contributed by atoms with E-state index in [-0.39, 0.29) is 0 Å². The highest BCUT2D eigenvalue weighted by Crippen LogP contribution is 2.32. The molecule has 3 aromatic rings. The zero-order valence-corrected chi connectivity index (χ0v) is 11.7. The molecule has 0 saturated heterocycles. The van der Waals surface area contributed by atoms with Crippen LogP contribution in [0, 0.1) is 6.92 Å². The minimum Gasteiger partial charge on any atom is -0.369 e. The molecule has 3 nitrogen and oxygen atoms in total. The molecule has 1 heterocycles. The van der Waals surface area contributed by atoms with Gasteiger partial charge >= 0.3 is 0 Å². The summed E-state index contributed by atoms with van der Waals surface area (Å²) in [6.07, 6.45) is 0. The first-order chi connectivity index (χ1) is 9.09. The first-order valence-corrected chi connectivity index (χ1v) is 6.53. The van der Waals surface area contributed by atoms with Crippen molar-refractivity contribution in [2.45, 2.75) is 6.92 Å². The largest absolute Gasteiger partial charge is 0.369 e. The molecule has 0 atom stereocenters.